The van der Waals surface area contributed by atoms with E-state index in [1.54, 1.807) is 13.8 Å². The molecule has 8 nitrogen and oxygen atoms in total. The van der Waals surface area contributed by atoms with Crippen LogP contribution in [-0.2, 0) is 14.4 Å². The van der Waals surface area contributed by atoms with Crippen LogP contribution in [0.4, 0.5) is 4.79 Å². The number of imide groups is 1. The SMILES string of the molecule is CC1(C)C(=O)NC(=O)CN1C(=O)N1CCC(C(=O)O)C1. The Morgan fingerprint density at radius 3 is 2.55 bits per heavy atom. The molecule has 20 heavy (non-hydrogen) atoms. The molecule has 2 saturated heterocycles. The van der Waals surface area contributed by atoms with Crippen LogP contribution in [0.1, 0.15) is 20.3 Å². The predicted molar refractivity (Wildman–Crippen MR) is 66.6 cm³/mol. The first-order valence-corrected chi connectivity index (χ1v) is 6.37. The maximum absolute atomic E-state index is 12.4. The molecule has 1 atom stereocenters. The monoisotopic (exact) mass is 283 g/mol. The first-order chi connectivity index (χ1) is 9.23. The predicted octanol–water partition coefficient (Wildman–Crippen LogP) is -0.750. The molecule has 0 aromatic rings. The fraction of sp³-hybridized carbons (Fsp3) is 0.667. The molecule has 2 heterocycles. The van der Waals surface area contributed by atoms with E-state index in [0.29, 0.717) is 13.0 Å². The van der Waals surface area contributed by atoms with Crippen molar-refractivity contribution in [3.63, 3.8) is 0 Å². The van der Waals surface area contributed by atoms with Crippen LogP contribution in [0.25, 0.3) is 0 Å². The van der Waals surface area contributed by atoms with E-state index in [9.17, 15) is 19.2 Å². The van der Waals surface area contributed by atoms with Crippen LogP contribution in [0, 0.1) is 5.92 Å². The second-order valence-corrected chi connectivity index (χ2v) is 5.57. The number of carbonyl (C=O) groups excluding carboxylic acids is 3. The van der Waals surface area contributed by atoms with Crippen molar-refractivity contribution in [3.05, 3.63) is 0 Å². The summed E-state index contributed by atoms with van der Waals surface area (Å²) >= 11 is 0. The van der Waals surface area contributed by atoms with E-state index < -0.39 is 35.3 Å². The lowest BCUT2D eigenvalue weighted by Gasteiger charge is -2.41. The molecule has 2 aliphatic heterocycles. The minimum Gasteiger partial charge on any atom is -0.481 e. The van der Waals surface area contributed by atoms with Gasteiger partial charge in [0, 0.05) is 13.1 Å². The summed E-state index contributed by atoms with van der Waals surface area (Å²) in [7, 11) is 0. The molecule has 0 aliphatic carbocycles. The van der Waals surface area contributed by atoms with Crippen molar-refractivity contribution in [2.24, 2.45) is 5.92 Å². The van der Waals surface area contributed by atoms with E-state index in [2.05, 4.69) is 5.32 Å². The van der Waals surface area contributed by atoms with Crippen molar-refractivity contribution < 1.29 is 24.3 Å². The molecule has 2 aliphatic rings. The molecule has 8 heteroatoms. The number of hydrogen-bond acceptors (Lipinski definition) is 4. The molecular formula is C12H17N3O5. The Balaban J connectivity index is 2.14. The van der Waals surface area contributed by atoms with E-state index in [4.69, 9.17) is 5.11 Å². The molecule has 0 aromatic heterocycles. The maximum Gasteiger partial charge on any atom is 0.321 e. The molecule has 0 radical (unpaired) electrons. The zero-order valence-corrected chi connectivity index (χ0v) is 11.4. The number of urea groups is 1. The number of likely N-dealkylation sites (tertiary alicyclic amines) is 1. The van der Waals surface area contributed by atoms with Gasteiger partial charge in [-0.1, -0.05) is 0 Å². The fourth-order valence-corrected chi connectivity index (χ4v) is 2.40. The number of nitrogens with one attached hydrogen (secondary N) is 1. The standard InChI is InChI=1S/C12H17N3O5/c1-12(2)10(19)13-8(16)6-15(12)11(20)14-4-3-7(5-14)9(17)18/h7H,3-6H2,1-2H3,(H,17,18)(H,13,16,19). The number of piperazine rings is 1. The highest BCUT2D eigenvalue weighted by Gasteiger charge is 2.46. The largest absolute Gasteiger partial charge is 0.481 e. The van der Waals surface area contributed by atoms with Gasteiger partial charge in [0.25, 0.3) is 5.91 Å². The molecular weight excluding hydrogens is 266 g/mol. The average Bonchev–Trinajstić information content (AvgIpc) is 2.83. The summed E-state index contributed by atoms with van der Waals surface area (Å²) in [6, 6.07) is -0.470. The van der Waals surface area contributed by atoms with Crippen LogP contribution in [0.5, 0.6) is 0 Å². The van der Waals surface area contributed by atoms with Gasteiger partial charge < -0.3 is 14.9 Å². The maximum atomic E-state index is 12.4. The second kappa shape index (κ2) is 4.77. The van der Waals surface area contributed by atoms with Crippen molar-refractivity contribution in [2.75, 3.05) is 19.6 Å². The Labute approximate surface area is 115 Å². The zero-order chi connectivity index (χ0) is 15.1. The Morgan fingerprint density at radius 1 is 1.35 bits per heavy atom. The normalized spacial score (nSPS) is 25.6. The number of carboxylic acids is 1. The molecule has 4 amide bonds. The highest BCUT2D eigenvalue weighted by molar-refractivity contribution is 6.06. The van der Waals surface area contributed by atoms with Crippen molar-refractivity contribution in [3.8, 4) is 0 Å². The molecule has 2 rings (SSSR count). The molecule has 0 bridgehead atoms. The van der Waals surface area contributed by atoms with Gasteiger partial charge in [-0.15, -0.1) is 0 Å². The second-order valence-electron chi connectivity index (χ2n) is 5.57. The molecule has 0 saturated carbocycles. The number of amides is 4. The van der Waals surface area contributed by atoms with Gasteiger partial charge in [0.15, 0.2) is 0 Å². The van der Waals surface area contributed by atoms with Crippen LogP contribution in [0.3, 0.4) is 0 Å². The first-order valence-electron chi connectivity index (χ1n) is 6.37. The van der Waals surface area contributed by atoms with Gasteiger partial charge in [0.1, 0.15) is 12.1 Å². The van der Waals surface area contributed by atoms with Gasteiger partial charge in [0.05, 0.1) is 5.92 Å². The molecule has 110 valence electrons. The summed E-state index contributed by atoms with van der Waals surface area (Å²) in [6.07, 6.45) is 0.384. The lowest BCUT2D eigenvalue weighted by molar-refractivity contribution is -0.144. The van der Waals surface area contributed by atoms with E-state index in [-0.39, 0.29) is 13.1 Å². The summed E-state index contributed by atoms with van der Waals surface area (Å²) in [5.74, 6) is -2.59. The van der Waals surface area contributed by atoms with Gasteiger partial charge in [0.2, 0.25) is 5.91 Å². The summed E-state index contributed by atoms with van der Waals surface area (Å²) in [5.41, 5.74) is -1.13. The molecule has 0 aromatic carbocycles. The lowest BCUT2D eigenvalue weighted by Crippen LogP contribution is -2.67. The number of carbonyl (C=O) groups is 4. The Kier molecular flexibility index (Phi) is 3.41. The molecule has 2 N–H and O–H groups in total. The van der Waals surface area contributed by atoms with E-state index in [0.717, 1.165) is 0 Å². The topological polar surface area (TPSA) is 107 Å². The van der Waals surface area contributed by atoms with Crippen molar-refractivity contribution in [2.45, 2.75) is 25.8 Å². The zero-order valence-electron chi connectivity index (χ0n) is 11.4. The average molecular weight is 283 g/mol. The first kappa shape index (κ1) is 14.3. The minimum atomic E-state index is -1.13. The summed E-state index contributed by atoms with van der Waals surface area (Å²) in [5, 5.41) is 11.1. The lowest BCUT2D eigenvalue weighted by atomic mass is 9.99. The summed E-state index contributed by atoms with van der Waals surface area (Å²) in [4.78, 5) is 49.1. The quantitative estimate of drug-likeness (QED) is 0.616. The number of hydrogen-bond donors (Lipinski definition) is 2. The number of nitrogens with zero attached hydrogens (tertiary/aromatic N) is 2. The van der Waals surface area contributed by atoms with Crippen molar-refractivity contribution >= 4 is 23.8 Å². The third-order valence-electron chi connectivity index (χ3n) is 3.82. The fourth-order valence-electron chi connectivity index (χ4n) is 2.40. The van der Waals surface area contributed by atoms with Gasteiger partial charge in [-0.3, -0.25) is 19.7 Å². The Hall–Kier alpha value is -2.12. The highest BCUT2D eigenvalue weighted by atomic mass is 16.4. The molecule has 0 spiro atoms. The molecule has 2 fully saturated rings. The van der Waals surface area contributed by atoms with Crippen molar-refractivity contribution in [1.82, 2.24) is 15.1 Å². The van der Waals surface area contributed by atoms with E-state index in [1.807, 2.05) is 0 Å². The van der Waals surface area contributed by atoms with E-state index in [1.165, 1.54) is 9.80 Å². The van der Waals surface area contributed by atoms with Crippen LogP contribution in [0.2, 0.25) is 0 Å². The van der Waals surface area contributed by atoms with Gasteiger partial charge in [-0.2, -0.15) is 0 Å². The third kappa shape index (κ3) is 2.33. The Bertz CT molecular complexity index is 487. The summed E-state index contributed by atoms with van der Waals surface area (Å²) < 4.78 is 0. The van der Waals surface area contributed by atoms with Crippen LogP contribution in [-0.4, -0.2) is 63.9 Å². The van der Waals surface area contributed by atoms with Gasteiger partial charge in [-0.05, 0) is 20.3 Å². The highest BCUT2D eigenvalue weighted by Crippen LogP contribution is 2.24. The Morgan fingerprint density at radius 2 is 2.00 bits per heavy atom. The molecule has 1 unspecified atom stereocenters. The van der Waals surface area contributed by atoms with Gasteiger partial charge >= 0.3 is 12.0 Å². The third-order valence-corrected chi connectivity index (χ3v) is 3.82. The smallest absolute Gasteiger partial charge is 0.321 e. The van der Waals surface area contributed by atoms with Crippen LogP contribution >= 0.6 is 0 Å². The van der Waals surface area contributed by atoms with Crippen LogP contribution in [0.15, 0.2) is 0 Å². The van der Waals surface area contributed by atoms with Gasteiger partial charge in [-0.25, -0.2) is 4.79 Å². The number of aliphatic carboxylic acids is 1. The van der Waals surface area contributed by atoms with Crippen LogP contribution < -0.4 is 5.32 Å². The van der Waals surface area contributed by atoms with Crippen molar-refractivity contribution in [1.29, 1.82) is 0 Å². The number of carboxylic acid groups (broad SMARTS) is 1. The minimum absolute atomic E-state index is 0.108. The summed E-state index contributed by atoms with van der Waals surface area (Å²) in [6.45, 7) is 3.33. The van der Waals surface area contributed by atoms with E-state index >= 15 is 0 Å². The number of rotatable bonds is 1.